The number of hydrogen-bond acceptors (Lipinski definition) is 5. The molecule has 0 heterocycles. The molecule has 196 valence electrons. The molecule has 0 aliphatic carbocycles. The highest BCUT2D eigenvalue weighted by molar-refractivity contribution is 6.42. The number of rotatable bonds is 14. The van der Waals surface area contributed by atoms with E-state index < -0.39 is 23.8 Å². The minimum absolute atomic E-state index is 0.153. The Kier molecular flexibility index (Phi) is 11.8. The standard InChI is InChI=1S/C29H42N4O3/c1-5-31-25(19-21-11-7-6-8-12-21)27(35)33-24(13-9-10-18-30)26(34)28(36)32-23-16-14-22(15-17-23)20-29(2,3)4/h6-8,11-12,14-17,24-25,31H,5,9-10,13,18-20,30H2,1-4H3,(H,32,36)(H,33,35)/t24-,25-/m0/s1. The number of anilines is 1. The van der Waals surface area contributed by atoms with Gasteiger partial charge in [-0.05, 0) is 73.9 Å². The van der Waals surface area contributed by atoms with Crippen molar-refractivity contribution in [3.05, 3.63) is 65.7 Å². The number of likely N-dealkylation sites (N-methyl/N-ethyl adjacent to an activating group) is 1. The van der Waals surface area contributed by atoms with Crippen molar-refractivity contribution in [2.45, 2.75) is 71.9 Å². The molecule has 7 nitrogen and oxygen atoms in total. The molecule has 36 heavy (non-hydrogen) atoms. The summed E-state index contributed by atoms with van der Waals surface area (Å²) in [6.45, 7) is 9.51. The maximum absolute atomic E-state index is 13.1. The molecule has 2 amide bonds. The Morgan fingerprint density at radius 3 is 2.14 bits per heavy atom. The van der Waals surface area contributed by atoms with Gasteiger partial charge in [0.05, 0.1) is 12.1 Å². The van der Waals surface area contributed by atoms with E-state index in [1.54, 1.807) is 12.1 Å². The van der Waals surface area contributed by atoms with Crippen molar-refractivity contribution in [3.63, 3.8) is 0 Å². The Labute approximate surface area is 215 Å². The summed E-state index contributed by atoms with van der Waals surface area (Å²) < 4.78 is 0. The third kappa shape index (κ3) is 10.3. The first kappa shape index (κ1) is 29.2. The van der Waals surface area contributed by atoms with E-state index in [2.05, 4.69) is 36.7 Å². The zero-order valence-electron chi connectivity index (χ0n) is 22.1. The summed E-state index contributed by atoms with van der Waals surface area (Å²) in [7, 11) is 0. The summed E-state index contributed by atoms with van der Waals surface area (Å²) in [5.41, 5.74) is 8.49. The Balaban J connectivity index is 2.08. The fourth-order valence-corrected chi connectivity index (χ4v) is 4.06. The van der Waals surface area contributed by atoms with Crippen molar-refractivity contribution in [1.82, 2.24) is 10.6 Å². The summed E-state index contributed by atoms with van der Waals surface area (Å²) in [6, 6.07) is 15.8. The average Bonchev–Trinajstić information content (AvgIpc) is 2.83. The largest absolute Gasteiger partial charge is 0.344 e. The molecule has 0 bridgehead atoms. The second-order valence-corrected chi connectivity index (χ2v) is 10.4. The van der Waals surface area contributed by atoms with Gasteiger partial charge in [-0.1, -0.05) is 70.2 Å². The first-order chi connectivity index (χ1) is 17.1. The SMILES string of the molecule is CCN[C@@H](Cc1ccccc1)C(=O)N[C@@H](CCCCN)C(=O)C(=O)Nc1ccc(CC(C)(C)C)cc1. The third-order valence-corrected chi connectivity index (χ3v) is 5.80. The monoisotopic (exact) mass is 494 g/mol. The van der Waals surface area contributed by atoms with Crippen LogP contribution in [0, 0.1) is 5.41 Å². The number of unbranched alkanes of at least 4 members (excludes halogenated alkanes) is 1. The number of carbonyl (C=O) groups excluding carboxylic acids is 3. The second kappa shape index (κ2) is 14.5. The molecule has 2 rings (SSSR count). The van der Waals surface area contributed by atoms with E-state index in [9.17, 15) is 14.4 Å². The van der Waals surface area contributed by atoms with Crippen LogP contribution in [-0.2, 0) is 27.2 Å². The van der Waals surface area contributed by atoms with Crippen LogP contribution in [0.4, 0.5) is 5.69 Å². The van der Waals surface area contributed by atoms with Crippen LogP contribution < -0.4 is 21.7 Å². The smallest absolute Gasteiger partial charge is 0.293 e. The lowest BCUT2D eigenvalue weighted by Gasteiger charge is -2.22. The summed E-state index contributed by atoms with van der Waals surface area (Å²) in [4.78, 5) is 39.0. The van der Waals surface area contributed by atoms with Crippen molar-refractivity contribution >= 4 is 23.3 Å². The van der Waals surface area contributed by atoms with E-state index in [1.807, 2.05) is 49.4 Å². The second-order valence-electron chi connectivity index (χ2n) is 10.4. The average molecular weight is 495 g/mol. The molecule has 2 atom stereocenters. The van der Waals surface area contributed by atoms with Crippen LogP contribution in [0.15, 0.2) is 54.6 Å². The third-order valence-electron chi connectivity index (χ3n) is 5.80. The van der Waals surface area contributed by atoms with E-state index in [-0.39, 0.29) is 11.3 Å². The number of Topliss-reactive ketones (excluding diaryl/α,β-unsaturated/α-hetero) is 1. The maximum atomic E-state index is 13.1. The molecule has 0 radical (unpaired) electrons. The van der Waals surface area contributed by atoms with Gasteiger partial charge in [-0.25, -0.2) is 0 Å². The zero-order valence-corrected chi connectivity index (χ0v) is 22.1. The Hall–Kier alpha value is -3.03. The van der Waals surface area contributed by atoms with Crippen LogP contribution in [-0.4, -0.2) is 42.8 Å². The van der Waals surface area contributed by atoms with Crippen LogP contribution >= 0.6 is 0 Å². The molecule has 0 aliphatic heterocycles. The maximum Gasteiger partial charge on any atom is 0.293 e. The van der Waals surface area contributed by atoms with E-state index in [0.29, 0.717) is 44.5 Å². The predicted octanol–water partition coefficient (Wildman–Crippen LogP) is 3.62. The van der Waals surface area contributed by atoms with Gasteiger partial charge in [0.1, 0.15) is 0 Å². The highest BCUT2D eigenvalue weighted by atomic mass is 16.2. The van der Waals surface area contributed by atoms with Gasteiger partial charge < -0.3 is 21.7 Å². The van der Waals surface area contributed by atoms with Crippen molar-refractivity contribution in [1.29, 1.82) is 0 Å². The summed E-state index contributed by atoms with van der Waals surface area (Å²) >= 11 is 0. The molecule has 0 aromatic heterocycles. The van der Waals surface area contributed by atoms with Crippen molar-refractivity contribution in [3.8, 4) is 0 Å². The number of amides is 2. The normalized spacial score (nSPS) is 13.0. The minimum atomic E-state index is -0.916. The Morgan fingerprint density at radius 2 is 1.56 bits per heavy atom. The topological polar surface area (TPSA) is 113 Å². The van der Waals surface area contributed by atoms with Crippen molar-refractivity contribution in [2.24, 2.45) is 11.1 Å². The van der Waals surface area contributed by atoms with Crippen molar-refractivity contribution < 1.29 is 14.4 Å². The Morgan fingerprint density at radius 1 is 0.889 bits per heavy atom. The number of nitrogens with two attached hydrogens (primary N) is 1. The van der Waals surface area contributed by atoms with Gasteiger partial charge >= 0.3 is 0 Å². The van der Waals surface area contributed by atoms with Crippen molar-refractivity contribution in [2.75, 3.05) is 18.4 Å². The molecular weight excluding hydrogens is 452 g/mol. The molecule has 0 fully saturated rings. The number of carbonyl (C=O) groups is 3. The van der Waals surface area contributed by atoms with Gasteiger partial charge in [0.15, 0.2) is 0 Å². The molecule has 0 spiro atoms. The quantitative estimate of drug-likeness (QED) is 0.237. The summed E-state index contributed by atoms with van der Waals surface area (Å²) in [6.07, 6.45) is 3.08. The van der Waals surface area contributed by atoms with Crippen LogP contribution in [0.5, 0.6) is 0 Å². The van der Waals surface area contributed by atoms with Gasteiger partial charge in [0.25, 0.3) is 5.91 Å². The molecule has 7 heteroatoms. The lowest BCUT2D eigenvalue weighted by Crippen LogP contribution is -2.52. The summed E-state index contributed by atoms with van der Waals surface area (Å²) in [5, 5.41) is 8.71. The van der Waals surface area contributed by atoms with Crippen LogP contribution in [0.3, 0.4) is 0 Å². The molecular formula is C29H42N4O3. The first-order valence-corrected chi connectivity index (χ1v) is 12.8. The molecule has 2 aromatic carbocycles. The van der Waals surface area contributed by atoms with Gasteiger partial charge in [-0.15, -0.1) is 0 Å². The molecule has 2 aromatic rings. The molecule has 0 saturated heterocycles. The van der Waals surface area contributed by atoms with Crippen LogP contribution in [0.2, 0.25) is 0 Å². The fraction of sp³-hybridized carbons (Fsp3) is 0.483. The molecule has 5 N–H and O–H groups in total. The van der Waals surface area contributed by atoms with E-state index in [0.717, 1.165) is 17.5 Å². The highest BCUT2D eigenvalue weighted by Crippen LogP contribution is 2.21. The van der Waals surface area contributed by atoms with Gasteiger partial charge in [-0.2, -0.15) is 0 Å². The van der Waals surface area contributed by atoms with E-state index in [4.69, 9.17) is 5.73 Å². The highest BCUT2D eigenvalue weighted by Gasteiger charge is 2.29. The van der Waals surface area contributed by atoms with Gasteiger partial charge in [0.2, 0.25) is 11.7 Å². The predicted molar refractivity (Wildman–Crippen MR) is 146 cm³/mol. The van der Waals surface area contributed by atoms with Crippen LogP contribution in [0.1, 0.15) is 58.1 Å². The first-order valence-electron chi connectivity index (χ1n) is 12.8. The summed E-state index contributed by atoms with van der Waals surface area (Å²) in [5.74, 6) is -1.69. The van der Waals surface area contributed by atoms with E-state index in [1.165, 1.54) is 0 Å². The minimum Gasteiger partial charge on any atom is -0.344 e. The van der Waals surface area contributed by atoms with Gasteiger partial charge in [0, 0.05) is 5.69 Å². The van der Waals surface area contributed by atoms with Crippen LogP contribution in [0.25, 0.3) is 0 Å². The molecule has 0 saturated carbocycles. The Bertz CT molecular complexity index is 968. The lowest BCUT2D eigenvalue weighted by molar-refractivity contribution is -0.137. The number of benzene rings is 2. The zero-order chi connectivity index (χ0) is 26.6. The lowest BCUT2D eigenvalue weighted by atomic mass is 9.88. The van der Waals surface area contributed by atoms with E-state index >= 15 is 0 Å². The number of hydrogen-bond donors (Lipinski definition) is 4. The molecule has 0 unspecified atom stereocenters. The number of ketones is 1. The fourth-order valence-electron chi connectivity index (χ4n) is 4.06. The number of nitrogens with one attached hydrogen (secondary N) is 3. The molecule has 0 aliphatic rings. The van der Waals surface area contributed by atoms with Gasteiger partial charge in [-0.3, -0.25) is 14.4 Å².